The minimum Gasteiger partial charge on any atom is -0.490 e. The third-order valence-corrected chi connectivity index (χ3v) is 13.1. The maximum atomic E-state index is 14.0. The standard InChI is InChI=1S/C48H46F3N7O6/c1-28(2)55(34-21-36(22-34)64-35-13-14-37-38(24-35)46(62)58(45(37)61)42-15-16-43(59)53-44(42)60)27-30-17-19-54(20-18-30)26-29-7-10-32(11-8-29)56-40-5-3-4-6-41(40)57(47(56)63)33-12-9-31(25-52)39(23-33)48(49,50)51/h3-14,23-24,28,30,34,36,42H,15-22,26-27H2,1-2H3,(H,53,59,60). The number of alkyl halides is 3. The monoisotopic (exact) mass is 873 g/mol. The first-order valence-corrected chi connectivity index (χ1v) is 21.6. The smallest absolute Gasteiger partial charge is 0.417 e. The number of likely N-dealkylation sites (tertiary alicyclic amines) is 1. The number of carbonyl (C=O) groups is 4. The molecule has 5 aromatic rings. The molecule has 4 aliphatic rings. The van der Waals surface area contributed by atoms with Gasteiger partial charge in [0.25, 0.3) is 11.8 Å². The fourth-order valence-corrected chi connectivity index (χ4v) is 9.69. The highest BCUT2D eigenvalue weighted by Crippen LogP contribution is 2.37. The van der Waals surface area contributed by atoms with Gasteiger partial charge < -0.3 is 4.74 Å². The molecule has 16 heteroatoms. The second-order valence-electron chi connectivity index (χ2n) is 17.5. The van der Waals surface area contributed by atoms with Gasteiger partial charge in [0.2, 0.25) is 11.8 Å². The van der Waals surface area contributed by atoms with Gasteiger partial charge in [0.15, 0.2) is 0 Å². The Balaban J connectivity index is 0.787. The summed E-state index contributed by atoms with van der Waals surface area (Å²) < 4.78 is 50.6. The van der Waals surface area contributed by atoms with Crippen LogP contribution in [0.2, 0.25) is 0 Å². The Labute approximate surface area is 366 Å². The minimum absolute atomic E-state index is 0.0171. The minimum atomic E-state index is -4.77. The molecule has 1 N–H and O–H groups in total. The number of nitrogens with zero attached hydrogens (tertiary/aromatic N) is 6. The molecule has 4 heterocycles. The zero-order valence-corrected chi connectivity index (χ0v) is 35.3. The first kappa shape index (κ1) is 42.7. The van der Waals surface area contributed by atoms with Gasteiger partial charge in [-0.2, -0.15) is 18.4 Å². The van der Waals surface area contributed by atoms with E-state index in [1.807, 2.05) is 24.3 Å². The predicted octanol–water partition coefficient (Wildman–Crippen LogP) is 6.61. The van der Waals surface area contributed by atoms with Gasteiger partial charge in [0.1, 0.15) is 17.9 Å². The molecule has 0 radical (unpaired) electrons. The van der Waals surface area contributed by atoms with Crippen molar-refractivity contribution in [3.8, 4) is 23.2 Å². The Morgan fingerprint density at radius 2 is 1.48 bits per heavy atom. The number of nitrogens with one attached hydrogen (secondary N) is 1. The van der Waals surface area contributed by atoms with E-state index < -0.39 is 52.7 Å². The van der Waals surface area contributed by atoms with Crippen molar-refractivity contribution >= 4 is 34.7 Å². The molecule has 0 spiro atoms. The summed E-state index contributed by atoms with van der Waals surface area (Å²) in [5.74, 6) is -1.14. The van der Waals surface area contributed by atoms with Crippen LogP contribution in [0.1, 0.15) is 89.8 Å². The molecular formula is C48H46F3N7O6. The van der Waals surface area contributed by atoms with E-state index in [4.69, 9.17) is 4.74 Å². The van der Waals surface area contributed by atoms with E-state index in [0.29, 0.717) is 40.5 Å². The van der Waals surface area contributed by atoms with Crippen molar-refractivity contribution in [3.63, 3.8) is 0 Å². The molecule has 3 fully saturated rings. The molecule has 3 aliphatic heterocycles. The quantitative estimate of drug-likeness (QED) is 0.145. The summed E-state index contributed by atoms with van der Waals surface area (Å²) in [7, 11) is 0. The molecule has 4 aromatic carbocycles. The van der Waals surface area contributed by atoms with Crippen molar-refractivity contribution in [2.45, 2.75) is 89.3 Å². The molecule has 1 aliphatic carbocycles. The number of rotatable bonds is 11. The van der Waals surface area contributed by atoms with Crippen LogP contribution in [0.3, 0.4) is 0 Å². The first-order valence-electron chi connectivity index (χ1n) is 21.6. The summed E-state index contributed by atoms with van der Waals surface area (Å²) in [6.45, 7) is 8.02. The molecule has 4 amide bonds. The van der Waals surface area contributed by atoms with E-state index in [0.717, 1.165) is 74.5 Å². The molecule has 9 rings (SSSR count). The van der Waals surface area contributed by atoms with Gasteiger partial charge in [-0.3, -0.25) is 48.3 Å². The molecule has 1 atom stereocenters. The summed E-state index contributed by atoms with van der Waals surface area (Å²) >= 11 is 0. The van der Waals surface area contributed by atoms with Crippen molar-refractivity contribution in [1.29, 1.82) is 5.26 Å². The second-order valence-corrected chi connectivity index (χ2v) is 17.5. The number of hydrogen-bond acceptors (Lipinski definition) is 9. The third-order valence-electron chi connectivity index (χ3n) is 13.1. The topological polar surface area (TPSA) is 150 Å². The predicted molar refractivity (Wildman–Crippen MR) is 229 cm³/mol. The zero-order chi connectivity index (χ0) is 45.0. The molecule has 64 heavy (non-hydrogen) atoms. The SMILES string of the molecule is CC(C)N(CC1CCN(Cc2ccc(-n3c(=O)n(-c4ccc(C#N)c(C(F)(F)F)c4)c4ccccc43)cc2)CC1)C1CC(Oc2ccc3c(c2)C(=O)N(C2CCC(=O)NC2=O)C3=O)C1. The van der Waals surface area contributed by atoms with Crippen molar-refractivity contribution < 1.29 is 37.1 Å². The van der Waals surface area contributed by atoms with Crippen LogP contribution in [0.25, 0.3) is 22.4 Å². The van der Waals surface area contributed by atoms with Crippen molar-refractivity contribution in [2.24, 2.45) is 5.92 Å². The highest BCUT2D eigenvalue weighted by Gasteiger charge is 2.45. The van der Waals surface area contributed by atoms with Crippen LogP contribution < -0.4 is 15.7 Å². The largest absolute Gasteiger partial charge is 0.490 e. The van der Waals surface area contributed by atoms with Gasteiger partial charge in [0, 0.05) is 44.4 Å². The maximum absolute atomic E-state index is 14.0. The van der Waals surface area contributed by atoms with Crippen LogP contribution in [0.4, 0.5) is 13.2 Å². The number of para-hydroxylation sites is 2. The van der Waals surface area contributed by atoms with Crippen LogP contribution in [-0.4, -0.2) is 91.3 Å². The lowest BCUT2D eigenvalue weighted by atomic mass is 9.85. The van der Waals surface area contributed by atoms with Gasteiger partial charge in [-0.05, 0) is 118 Å². The summed E-state index contributed by atoms with van der Waals surface area (Å²) in [5, 5.41) is 11.5. The summed E-state index contributed by atoms with van der Waals surface area (Å²) in [5.41, 5.74) is 0.947. The number of aromatic nitrogens is 2. The van der Waals surface area contributed by atoms with Gasteiger partial charge in [0.05, 0.1) is 50.7 Å². The number of imide groups is 2. The lowest BCUT2D eigenvalue weighted by Gasteiger charge is -2.46. The van der Waals surface area contributed by atoms with Crippen LogP contribution >= 0.6 is 0 Å². The molecule has 13 nitrogen and oxygen atoms in total. The fourth-order valence-electron chi connectivity index (χ4n) is 9.69. The molecule has 1 saturated carbocycles. The Kier molecular flexibility index (Phi) is 11.2. The average molecular weight is 874 g/mol. The number of amides is 4. The van der Waals surface area contributed by atoms with Crippen LogP contribution in [0.15, 0.2) is 89.7 Å². The number of hydrogen-bond donors (Lipinski definition) is 1. The van der Waals surface area contributed by atoms with Crippen molar-refractivity contribution in [3.05, 3.63) is 123 Å². The molecule has 1 aromatic heterocycles. The second kappa shape index (κ2) is 16.9. The Hall–Kier alpha value is -6.57. The number of ether oxygens (including phenoxy) is 1. The van der Waals surface area contributed by atoms with Crippen LogP contribution in [0.5, 0.6) is 5.75 Å². The number of piperidine rings is 2. The number of nitriles is 1. The van der Waals surface area contributed by atoms with E-state index in [-0.39, 0.29) is 35.8 Å². The van der Waals surface area contributed by atoms with Crippen LogP contribution in [-0.2, 0) is 22.3 Å². The first-order chi connectivity index (χ1) is 30.7. The van der Waals surface area contributed by atoms with E-state index in [1.165, 1.54) is 15.2 Å². The van der Waals surface area contributed by atoms with E-state index >= 15 is 0 Å². The van der Waals surface area contributed by atoms with E-state index in [2.05, 4.69) is 29.0 Å². The van der Waals surface area contributed by atoms with Gasteiger partial charge in [-0.15, -0.1) is 0 Å². The van der Waals surface area contributed by atoms with Gasteiger partial charge in [-0.25, -0.2) is 4.79 Å². The third kappa shape index (κ3) is 7.98. The molecule has 330 valence electrons. The van der Waals surface area contributed by atoms with Crippen LogP contribution in [0, 0.1) is 17.2 Å². The molecule has 0 bridgehead atoms. The molecule has 2 saturated heterocycles. The molecule has 1 unspecified atom stereocenters. The van der Waals surface area contributed by atoms with Gasteiger partial charge >= 0.3 is 11.9 Å². The van der Waals surface area contributed by atoms with E-state index in [1.54, 1.807) is 48.5 Å². The lowest BCUT2D eigenvalue weighted by Crippen LogP contribution is -2.54. The lowest BCUT2D eigenvalue weighted by molar-refractivity contribution is -0.138. The number of benzene rings is 4. The Morgan fingerprint density at radius 3 is 2.12 bits per heavy atom. The summed E-state index contributed by atoms with van der Waals surface area (Å²) in [6.07, 6.45) is -0.887. The normalized spacial score (nSPS) is 20.8. The summed E-state index contributed by atoms with van der Waals surface area (Å²) in [6, 6.07) is 24.0. The number of carbonyl (C=O) groups excluding carboxylic acids is 4. The molecular weight excluding hydrogens is 828 g/mol. The van der Waals surface area contributed by atoms with Gasteiger partial charge in [-0.1, -0.05) is 24.3 Å². The Bertz CT molecular complexity index is 2780. The fraction of sp³-hybridized carbons (Fsp3) is 0.375. The van der Waals surface area contributed by atoms with Crippen molar-refractivity contribution in [1.82, 2.24) is 29.2 Å². The number of halogens is 3. The number of fused-ring (bicyclic) bond motifs is 2. The highest BCUT2D eigenvalue weighted by atomic mass is 19.4. The highest BCUT2D eigenvalue weighted by molar-refractivity contribution is 6.23. The zero-order valence-electron chi connectivity index (χ0n) is 35.3. The Morgan fingerprint density at radius 1 is 0.828 bits per heavy atom. The van der Waals surface area contributed by atoms with E-state index in [9.17, 15) is 42.4 Å². The average Bonchev–Trinajstić information content (AvgIpc) is 3.69. The summed E-state index contributed by atoms with van der Waals surface area (Å²) in [4.78, 5) is 70.4. The van der Waals surface area contributed by atoms with Crippen molar-refractivity contribution in [2.75, 3.05) is 19.6 Å². The maximum Gasteiger partial charge on any atom is 0.417 e. The number of imidazole rings is 1.